The molecule has 20 heavy (non-hydrogen) atoms. The molecule has 0 unspecified atom stereocenters. The highest BCUT2D eigenvalue weighted by Gasteiger charge is 2.03. The number of nitrogen functional groups attached to an aromatic ring is 1. The number of nitrogens with one attached hydrogen (secondary N) is 2. The maximum atomic E-state index is 5.71. The van der Waals surface area contributed by atoms with E-state index in [9.17, 15) is 0 Å². The van der Waals surface area contributed by atoms with Gasteiger partial charge in [0.2, 0.25) is 5.95 Å². The van der Waals surface area contributed by atoms with Crippen molar-refractivity contribution < 1.29 is 0 Å². The maximum Gasteiger partial charge on any atom is 0.223 e. The summed E-state index contributed by atoms with van der Waals surface area (Å²) >= 11 is 0. The van der Waals surface area contributed by atoms with E-state index in [-0.39, 0.29) is 5.95 Å². The predicted molar refractivity (Wildman–Crippen MR) is 81.5 cm³/mol. The highest BCUT2D eigenvalue weighted by atomic mass is 15.1. The molecule has 0 spiro atoms. The molecule has 0 saturated heterocycles. The van der Waals surface area contributed by atoms with E-state index in [1.165, 1.54) is 0 Å². The van der Waals surface area contributed by atoms with Crippen LogP contribution in [-0.4, -0.2) is 21.5 Å². The Morgan fingerprint density at radius 1 is 1.20 bits per heavy atom. The van der Waals surface area contributed by atoms with Crippen molar-refractivity contribution >= 4 is 17.6 Å². The largest absolute Gasteiger partial charge is 0.370 e. The van der Waals surface area contributed by atoms with Gasteiger partial charge >= 0.3 is 0 Å². The zero-order valence-electron chi connectivity index (χ0n) is 11.8. The van der Waals surface area contributed by atoms with Crippen LogP contribution in [0.5, 0.6) is 0 Å². The van der Waals surface area contributed by atoms with Crippen molar-refractivity contribution in [1.82, 2.24) is 15.0 Å². The molecule has 0 fully saturated rings. The lowest BCUT2D eigenvalue weighted by atomic mass is 10.2. The van der Waals surface area contributed by atoms with Gasteiger partial charge in [-0.3, -0.25) is 4.98 Å². The Hall–Kier alpha value is -2.37. The molecule has 0 radical (unpaired) electrons. The fourth-order valence-electron chi connectivity index (χ4n) is 1.78. The average Bonchev–Trinajstić information content (AvgIpc) is 2.44. The minimum Gasteiger partial charge on any atom is -0.370 e. The molecule has 106 valence electrons. The average molecular weight is 272 g/mol. The van der Waals surface area contributed by atoms with Gasteiger partial charge in [0.05, 0.1) is 12.2 Å². The predicted octanol–water partition coefficient (Wildman–Crippen LogP) is 2.20. The summed E-state index contributed by atoms with van der Waals surface area (Å²) in [7, 11) is 0. The van der Waals surface area contributed by atoms with Crippen molar-refractivity contribution in [2.24, 2.45) is 0 Å². The van der Waals surface area contributed by atoms with E-state index in [4.69, 9.17) is 5.73 Å². The van der Waals surface area contributed by atoms with Crippen molar-refractivity contribution in [2.75, 3.05) is 22.9 Å². The van der Waals surface area contributed by atoms with E-state index >= 15 is 0 Å². The first kappa shape index (κ1) is 14.0. The fraction of sp³-hybridized carbons (Fsp3) is 0.357. The van der Waals surface area contributed by atoms with Crippen LogP contribution >= 0.6 is 0 Å². The molecule has 0 aliphatic heterocycles. The Morgan fingerprint density at radius 3 is 2.65 bits per heavy atom. The molecule has 2 rings (SSSR count). The number of nitrogens with zero attached hydrogens (tertiary/aromatic N) is 3. The quantitative estimate of drug-likeness (QED) is 0.747. The van der Waals surface area contributed by atoms with Crippen LogP contribution in [-0.2, 0) is 6.54 Å². The van der Waals surface area contributed by atoms with Crippen LogP contribution in [0.3, 0.4) is 0 Å². The van der Waals surface area contributed by atoms with E-state index in [1.54, 1.807) is 6.20 Å². The first-order chi connectivity index (χ1) is 9.69. The Labute approximate surface area is 118 Å². The number of hydrogen-bond donors (Lipinski definition) is 3. The molecular weight excluding hydrogens is 252 g/mol. The van der Waals surface area contributed by atoms with Gasteiger partial charge in [-0.1, -0.05) is 13.0 Å². The molecule has 0 aromatic carbocycles. The molecule has 0 aliphatic rings. The lowest BCUT2D eigenvalue weighted by molar-refractivity contribution is 0.962. The first-order valence-electron chi connectivity index (χ1n) is 6.72. The molecule has 0 saturated carbocycles. The third kappa shape index (κ3) is 3.81. The summed E-state index contributed by atoms with van der Waals surface area (Å²) in [6.45, 7) is 5.60. The van der Waals surface area contributed by atoms with Gasteiger partial charge in [-0.2, -0.15) is 9.97 Å². The van der Waals surface area contributed by atoms with Gasteiger partial charge in [0.1, 0.15) is 11.6 Å². The molecule has 2 aromatic heterocycles. The topological polar surface area (TPSA) is 88.8 Å². The number of aryl methyl sites for hydroxylation is 1. The van der Waals surface area contributed by atoms with Gasteiger partial charge < -0.3 is 16.4 Å². The molecule has 0 atom stereocenters. The molecule has 6 nitrogen and oxygen atoms in total. The van der Waals surface area contributed by atoms with Gasteiger partial charge in [0.15, 0.2) is 0 Å². The molecular formula is C14H20N6. The van der Waals surface area contributed by atoms with Gasteiger partial charge in [0, 0.05) is 18.8 Å². The van der Waals surface area contributed by atoms with E-state index in [0.29, 0.717) is 12.4 Å². The van der Waals surface area contributed by atoms with Crippen LogP contribution in [0.4, 0.5) is 17.6 Å². The highest BCUT2D eigenvalue weighted by Crippen LogP contribution is 2.14. The van der Waals surface area contributed by atoms with E-state index < -0.39 is 0 Å². The Kier molecular flexibility index (Phi) is 4.70. The molecule has 2 heterocycles. The van der Waals surface area contributed by atoms with Gasteiger partial charge in [-0.05, 0) is 25.0 Å². The SMILES string of the molecule is CCCNc1cc(NCc2ncccc2C)nc(N)n1. The van der Waals surface area contributed by atoms with Gasteiger partial charge in [-0.25, -0.2) is 0 Å². The molecule has 0 amide bonds. The normalized spacial score (nSPS) is 10.3. The molecule has 2 aromatic rings. The van der Waals surface area contributed by atoms with Crippen LogP contribution in [0.25, 0.3) is 0 Å². The van der Waals surface area contributed by atoms with Crippen LogP contribution in [0.15, 0.2) is 24.4 Å². The minimum absolute atomic E-state index is 0.256. The lowest BCUT2D eigenvalue weighted by Gasteiger charge is -2.10. The van der Waals surface area contributed by atoms with Crippen molar-refractivity contribution in [2.45, 2.75) is 26.8 Å². The number of pyridine rings is 1. The lowest BCUT2D eigenvalue weighted by Crippen LogP contribution is -2.09. The Morgan fingerprint density at radius 2 is 1.95 bits per heavy atom. The van der Waals surface area contributed by atoms with E-state index in [1.807, 2.05) is 25.1 Å². The van der Waals surface area contributed by atoms with Crippen molar-refractivity contribution in [1.29, 1.82) is 0 Å². The van der Waals surface area contributed by atoms with Crippen LogP contribution < -0.4 is 16.4 Å². The number of nitrogens with two attached hydrogens (primary N) is 1. The van der Waals surface area contributed by atoms with Crippen LogP contribution in [0, 0.1) is 6.92 Å². The first-order valence-corrected chi connectivity index (χ1v) is 6.72. The third-order valence-electron chi connectivity index (χ3n) is 2.85. The Bertz CT molecular complexity index is 569. The summed E-state index contributed by atoms with van der Waals surface area (Å²) in [5, 5.41) is 6.42. The fourth-order valence-corrected chi connectivity index (χ4v) is 1.78. The minimum atomic E-state index is 0.256. The van der Waals surface area contributed by atoms with Crippen molar-refractivity contribution in [3.05, 3.63) is 35.7 Å². The summed E-state index contributed by atoms with van der Waals surface area (Å²) in [5.41, 5.74) is 7.85. The summed E-state index contributed by atoms with van der Waals surface area (Å²) in [4.78, 5) is 12.7. The zero-order valence-corrected chi connectivity index (χ0v) is 11.8. The van der Waals surface area contributed by atoms with Gasteiger partial charge in [-0.15, -0.1) is 0 Å². The van der Waals surface area contributed by atoms with Crippen molar-refractivity contribution in [3.8, 4) is 0 Å². The monoisotopic (exact) mass is 272 g/mol. The maximum absolute atomic E-state index is 5.71. The molecule has 0 aliphatic carbocycles. The highest BCUT2D eigenvalue weighted by molar-refractivity contribution is 5.51. The summed E-state index contributed by atoms with van der Waals surface area (Å²) in [6, 6.07) is 5.81. The third-order valence-corrected chi connectivity index (χ3v) is 2.85. The number of anilines is 3. The van der Waals surface area contributed by atoms with E-state index in [2.05, 4.69) is 32.5 Å². The second-order valence-electron chi connectivity index (χ2n) is 4.54. The number of rotatable bonds is 6. The molecule has 0 bridgehead atoms. The number of aromatic nitrogens is 3. The number of hydrogen-bond acceptors (Lipinski definition) is 6. The zero-order chi connectivity index (χ0) is 14.4. The summed E-state index contributed by atoms with van der Waals surface area (Å²) in [6.07, 6.45) is 2.81. The van der Waals surface area contributed by atoms with Crippen LogP contribution in [0.1, 0.15) is 24.6 Å². The second-order valence-corrected chi connectivity index (χ2v) is 4.54. The smallest absolute Gasteiger partial charge is 0.223 e. The van der Waals surface area contributed by atoms with Crippen molar-refractivity contribution in [3.63, 3.8) is 0 Å². The summed E-state index contributed by atoms with van der Waals surface area (Å²) in [5.74, 6) is 1.69. The van der Waals surface area contributed by atoms with Gasteiger partial charge in [0.25, 0.3) is 0 Å². The molecule has 4 N–H and O–H groups in total. The second kappa shape index (κ2) is 6.70. The summed E-state index contributed by atoms with van der Waals surface area (Å²) < 4.78 is 0. The Balaban J connectivity index is 2.05. The van der Waals surface area contributed by atoms with Crippen LogP contribution in [0.2, 0.25) is 0 Å². The van der Waals surface area contributed by atoms with E-state index in [0.717, 1.165) is 30.0 Å². The molecule has 6 heteroatoms. The standard InChI is InChI=1S/C14H20N6/c1-3-6-17-12-8-13(20-14(15)19-12)18-9-11-10(2)5-4-7-16-11/h4-5,7-8H,3,6,9H2,1-2H3,(H4,15,17,18,19,20).